The first kappa shape index (κ1) is 13.0. The minimum atomic E-state index is -0.191. The number of carbonyl (C=O) groups is 2. The van der Waals surface area contributed by atoms with Gasteiger partial charge in [-0.2, -0.15) is 0 Å². The molecule has 0 saturated heterocycles. The van der Waals surface area contributed by atoms with E-state index in [2.05, 4.69) is 5.32 Å². The van der Waals surface area contributed by atoms with Crippen molar-refractivity contribution in [2.75, 3.05) is 5.32 Å². The van der Waals surface area contributed by atoms with Crippen molar-refractivity contribution in [1.82, 2.24) is 0 Å². The van der Waals surface area contributed by atoms with Crippen LogP contribution < -0.4 is 5.32 Å². The van der Waals surface area contributed by atoms with Gasteiger partial charge in [-0.3, -0.25) is 9.59 Å². The van der Waals surface area contributed by atoms with Gasteiger partial charge in [-0.05, 0) is 19.1 Å². The molecule has 0 bridgehead atoms. The highest BCUT2D eigenvalue weighted by atomic mass is 16.1. The summed E-state index contributed by atoms with van der Waals surface area (Å²) in [6.45, 7) is 3.40. The second-order valence-corrected chi connectivity index (χ2v) is 4.42. The van der Waals surface area contributed by atoms with Crippen LogP contribution in [0.25, 0.3) is 0 Å². The molecule has 0 heterocycles. The highest BCUT2D eigenvalue weighted by Crippen LogP contribution is 2.19. The quantitative estimate of drug-likeness (QED) is 0.854. The third-order valence-corrected chi connectivity index (χ3v) is 2.80. The molecule has 0 fully saturated rings. The smallest absolute Gasteiger partial charge is 0.221 e. The van der Waals surface area contributed by atoms with Crippen molar-refractivity contribution in [2.45, 2.75) is 13.8 Å². The molecule has 96 valence electrons. The summed E-state index contributed by atoms with van der Waals surface area (Å²) in [5.41, 5.74) is 2.76. The molecule has 1 N–H and O–H groups in total. The lowest BCUT2D eigenvalue weighted by Gasteiger charge is -2.09. The van der Waals surface area contributed by atoms with Gasteiger partial charge >= 0.3 is 0 Å². The molecule has 0 aliphatic carbocycles. The summed E-state index contributed by atoms with van der Waals surface area (Å²) in [6.07, 6.45) is 0. The van der Waals surface area contributed by atoms with Gasteiger partial charge in [-0.25, -0.2) is 0 Å². The molecule has 0 radical (unpaired) electrons. The topological polar surface area (TPSA) is 46.2 Å². The van der Waals surface area contributed by atoms with E-state index in [9.17, 15) is 9.59 Å². The molecule has 0 spiro atoms. The number of amides is 1. The average molecular weight is 253 g/mol. The van der Waals surface area contributed by atoms with E-state index >= 15 is 0 Å². The van der Waals surface area contributed by atoms with E-state index in [1.165, 1.54) is 6.92 Å². The second kappa shape index (κ2) is 5.48. The van der Waals surface area contributed by atoms with E-state index in [4.69, 9.17) is 0 Å². The molecule has 19 heavy (non-hydrogen) atoms. The monoisotopic (exact) mass is 253 g/mol. The zero-order valence-electron chi connectivity index (χ0n) is 10.9. The lowest BCUT2D eigenvalue weighted by molar-refractivity contribution is -0.114. The van der Waals surface area contributed by atoms with Gasteiger partial charge in [0.15, 0.2) is 5.78 Å². The SMILES string of the molecule is CC(=O)Nc1ccccc1C(=O)c1ccc(C)cc1. The van der Waals surface area contributed by atoms with E-state index in [0.717, 1.165) is 5.56 Å². The number of benzene rings is 2. The predicted molar refractivity (Wildman–Crippen MR) is 75.4 cm³/mol. The lowest BCUT2D eigenvalue weighted by Crippen LogP contribution is -2.11. The molecule has 1 amide bonds. The highest BCUT2D eigenvalue weighted by molar-refractivity contribution is 6.13. The fourth-order valence-corrected chi connectivity index (χ4v) is 1.84. The van der Waals surface area contributed by atoms with Crippen molar-refractivity contribution in [2.24, 2.45) is 0 Å². The Balaban J connectivity index is 2.38. The van der Waals surface area contributed by atoms with Gasteiger partial charge in [-0.1, -0.05) is 42.0 Å². The molecule has 0 aromatic heterocycles. The van der Waals surface area contributed by atoms with Crippen molar-refractivity contribution < 1.29 is 9.59 Å². The van der Waals surface area contributed by atoms with Crippen molar-refractivity contribution in [3.8, 4) is 0 Å². The Morgan fingerprint density at radius 3 is 2.21 bits per heavy atom. The number of rotatable bonds is 3. The van der Waals surface area contributed by atoms with Crippen LogP contribution in [0.1, 0.15) is 28.4 Å². The Bertz CT molecular complexity index is 615. The summed E-state index contributed by atoms with van der Waals surface area (Å²) in [5.74, 6) is -0.284. The summed E-state index contributed by atoms with van der Waals surface area (Å²) in [7, 11) is 0. The van der Waals surface area contributed by atoms with Crippen molar-refractivity contribution >= 4 is 17.4 Å². The van der Waals surface area contributed by atoms with Gasteiger partial charge in [0, 0.05) is 18.1 Å². The molecule has 0 aliphatic heterocycles. The number of hydrogen-bond acceptors (Lipinski definition) is 2. The largest absolute Gasteiger partial charge is 0.326 e. The molecule has 0 aliphatic rings. The van der Waals surface area contributed by atoms with Gasteiger partial charge in [0.05, 0.1) is 5.69 Å². The fraction of sp³-hybridized carbons (Fsp3) is 0.125. The van der Waals surface area contributed by atoms with Gasteiger partial charge < -0.3 is 5.32 Å². The first-order valence-corrected chi connectivity index (χ1v) is 6.06. The van der Waals surface area contributed by atoms with Crippen LogP contribution in [0, 0.1) is 6.92 Å². The molecule has 3 nitrogen and oxygen atoms in total. The van der Waals surface area contributed by atoms with E-state index in [0.29, 0.717) is 16.8 Å². The molecule has 0 saturated carbocycles. The standard InChI is InChI=1S/C16H15NO2/c1-11-7-9-13(10-8-11)16(19)14-5-3-4-6-15(14)17-12(2)18/h3-10H,1-2H3,(H,17,18). The van der Waals surface area contributed by atoms with Crippen molar-refractivity contribution in [3.05, 3.63) is 65.2 Å². The van der Waals surface area contributed by atoms with Crippen LogP contribution in [0.4, 0.5) is 5.69 Å². The minimum absolute atomic E-state index is 0.0932. The number of aryl methyl sites for hydroxylation is 1. The number of carbonyl (C=O) groups excluding carboxylic acids is 2. The van der Waals surface area contributed by atoms with Gasteiger partial charge in [0.2, 0.25) is 5.91 Å². The van der Waals surface area contributed by atoms with Crippen LogP contribution in [0.15, 0.2) is 48.5 Å². The Morgan fingerprint density at radius 1 is 0.947 bits per heavy atom. The summed E-state index contributed by atoms with van der Waals surface area (Å²) < 4.78 is 0. The zero-order chi connectivity index (χ0) is 13.8. The summed E-state index contributed by atoms with van der Waals surface area (Å²) in [6, 6.07) is 14.4. The maximum absolute atomic E-state index is 12.4. The average Bonchev–Trinajstić information content (AvgIpc) is 2.39. The van der Waals surface area contributed by atoms with E-state index in [1.54, 1.807) is 36.4 Å². The molecule has 0 unspecified atom stereocenters. The number of hydrogen-bond donors (Lipinski definition) is 1. The van der Waals surface area contributed by atoms with Crippen LogP contribution in [0.3, 0.4) is 0 Å². The third kappa shape index (κ3) is 3.07. The van der Waals surface area contributed by atoms with Crippen LogP contribution in [-0.4, -0.2) is 11.7 Å². The Labute approximate surface area is 112 Å². The summed E-state index contributed by atoms with van der Waals surface area (Å²) >= 11 is 0. The van der Waals surface area contributed by atoms with E-state index < -0.39 is 0 Å². The van der Waals surface area contributed by atoms with Gasteiger partial charge in [0.25, 0.3) is 0 Å². The molecule has 0 atom stereocenters. The van der Waals surface area contributed by atoms with E-state index in [-0.39, 0.29) is 11.7 Å². The molecular weight excluding hydrogens is 238 g/mol. The van der Waals surface area contributed by atoms with Crippen molar-refractivity contribution in [3.63, 3.8) is 0 Å². The number of para-hydroxylation sites is 1. The summed E-state index contributed by atoms with van der Waals surface area (Å²) in [5, 5.41) is 2.68. The Kier molecular flexibility index (Phi) is 3.76. The summed E-state index contributed by atoms with van der Waals surface area (Å²) in [4.78, 5) is 23.6. The second-order valence-electron chi connectivity index (χ2n) is 4.42. The normalized spacial score (nSPS) is 10.0. The third-order valence-electron chi connectivity index (χ3n) is 2.80. The molecule has 2 aromatic rings. The van der Waals surface area contributed by atoms with Crippen LogP contribution >= 0.6 is 0 Å². The van der Waals surface area contributed by atoms with Crippen LogP contribution in [-0.2, 0) is 4.79 Å². The first-order valence-electron chi connectivity index (χ1n) is 6.06. The minimum Gasteiger partial charge on any atom is -0.326 e. The van der Waals surface area contributed by atoms with Gasteiger partial charge in [-0.15, -0.1) is 0 Å². The highest BCUT2D eigenvalue weighted by Gasteiger charge is 2.13. The fourth-order valence-electron chi connectivity index (χ4n) is 1.84. The Hall–Kier alpha value is -2.42. The molecule has 3 heteroatoms. The Morgan fingerprint density at radius 2 is 1.58 bits per heavy atom. The van der Waals surface area contributed by atoms with Crippen molar-refractivity contribution in [1.29, 1.82) is 0 Å². The maximum Gasteiger partial charge on any atom is 0.221 e. The van der Waals surface area contributed by atoms with Crippen LogP contribution in [0.2, 0.25) is 0 Å². The maximum atomic E-state index is 12.4. The van der Waals surface area contributed by atoms with E-state index in [1.807, 2.05) is 19.1 Å². The number of ketones is 1. The molecule has 2 aromatic carbocycles. The zero-order valence-corrected chi connectivity index (χ0v) is 10.9. The molecular formula is C16H15NO2. The number of anilines is 1. The van der Waals surface area contributed by atoms with Gasteiger partial charge in [0.1, 0.15) is 0 Å². The molecule has 2 rings (SSSR count). The predicted octanol–water partition coefficient (Wildman–Crippen LogP) is 3.18. The number of nitrogens with one attached hydrogen (secondary N) is 1. The first-order chi connectivity index (χ1) is 9.08. The lowest BCUT2D eigenvalue weighted by atomic mass is 10.0. The van der Waals surface area contributed by atoms with Crippen LogP contribution in [0.5, 0.6) is 0 Å².